The molecule has 10 nitrogen and oxygen atoms in total. The summed E-state index contributed by atoms with van der Waals surface area (Å²) in [5.74, 6) is -1.74. The lowest BCUT2D eigenvalue weighted by Gasteiger charge is -2.31. The van der Waals surface area contributed by atoms with Gasteiger partial charge in [-0.15, -0.1) is 0 Å². The lowest BCUT2D eigenvalue weighted by atomic mass is 10.00. The van der Waals surface area contributed by atoms with Crippen molar-refractivity contribution < 1.29 is 41.0 Å². The Morgan fingerprint density at radius 2 is 2.13 bits per heavy atom. The molecule has 0 aliphatic carbocycles. The van der Waals surface area contributed by atoms with Gasteiger partial charge < -0.3 is 19.1 Å². The van der Waals surface area contributed by atoms with Crippen LogP contribution in [-0.4, -0.2) is 90.9 Å². The number of aliphatic carboxylic acids is 1. The van der Waals surface area contributed by atoms with E-state index >= 15 is 0 Å². The minimum Gasteiger partial charge on any atom is -0.475 e. The van der Waals surface area contributed by atoms with Crippen molar-refractivity contribution in [2.24, 2.45) is 7.05 Å². The fraction of sp³-hybridized carbons (Fsp3) is 0.765. The number of aryl methyl sites for hydroxylation is 1. The number of alkyl halides is 3. The quantitative estimate of drug-likeness (QED) is 0.630. The van der Waals surface area contributed by atoms with Crippen molar-refractivity contribution in [1.29, 1.82) is 0 Å². The van der Waals surface area contributed by atoms with Gasteiger partial charge in [-0.3, -0.25) is 4.90 Å². The van der Waals surface area contributed by atoms with Crippen LogP contribution in [0.5, 0.6) is 0 Å². The fourth-order valence-corrected chi connectivity index (χ4v) is 3.86. The maximum Gasteiger partial charge on any atom is 0.490 e. The molecule has 3 heterocycles. The first kappa shape index (κ1) is 25.5. The van der Waals surface area contributed by atoms with Gasteiger partial charge in [0.05, 0.1) is 32.1 Å². The Morgan fingerprint density at radius 1 is 1.45 bits per heavy atom. The molecular formula is C17H27F3N4O6S. The summed E-state index contributed by atoms with van der Waals surface area (Å²) in [5.41, 5.74) is -0.356. The SMILES string of the molecule is Cn1ccnc1CN1CCOC[C@@]2(CC[C@H](CNS(C)(=O)=O)O2)C1.O=C(O)C(F)(F)F. The predicted octanol–water partition coefficient (Wildman–Crippen LogP) is 0.353. The summed E-state index contributed by atoms with van der Waals surface area (Å²) in [4.78, 5) is 15.6. The van der Waals surface area contributed by atoms with Gasteiger partial charge in [0.15, 0.2) is 0 Å². The Morgan fingerprint density at radius 3 is 2.68 bits per heavy atom. The summed E-state index contributed by atoms with van der Waals surface area (Å²) < 4.78 is 70.8. The van der Waals surface area contributed by atoms with Crippen LogP contribution in [0, 0.1) is 0 Å². The van der Waals surface area contributed by atoms with Crippen molar-refractivity contribution in [2.45, 2.75) is 37.3 Å². The summed E-state index contributed by atoms with van der Waals surface area (Å²) in [5, 5.41) is 7.12. The molecule has 0 unspecified atom stereocenters. The number of aromatic nitrogens is 2. The highest BCUT2D eigenvalue weighted by Crippen LogP contribution is 2.33. The maximum atomic E-state index is 11.3. The number of carbonyl (C=O) groups is 1. The van der Waals surface area contributed by atoms with Crippen molar-refractivity contribution >= 4 is 16.0 Å². The topological polar surface area (TPSA) is 123 Å². The standard InChI is InChI=1S/C15H26N4O4S.C2HF3O2/c1-18-6-5-16-14(18)10-19-7-8-22-12-15(11-19)4-3-13(23-15)9-17-24(2,20)21;3-2(4,5)1(6)7/h5-6,13,17H,3-4,7-12H2,1-2H3;(H,6,7)/t13-,15-;/m1./s1. The summed E-state index contributed by atoms with van der Waals surface area (Å²) >= 11 is 0. The molecule has 2 aliphatic heterocycles. The molecule has 0 saturated carbocycles. The Balaban J connectivity index is 0.000000423. The maximum absolute atomic E-state index is 11.3. The molecule has 2 saturated heterocycles. The van der Waals surface area contributed by atoms with Gasteiger partial charge in [0, 0.05) is 39.1 Å². The van der Waals surface area contributed by atoms with Crippen LogP contribution in [-0.2, 0) is 37.9 Å². The molecule has 2 fully saturated rings. The number of nitrogens with zero attached hydrogens (tertiary/aromatic N) is 3. The molecular weight excluding hydrogens is 445 g/mol. The third-order valence-corrected chi connectivity index (χ3v) is 5.56. The second kappa shape index (κ2) is 10.3. The zero-order valence-electron chi connectivity index (χ0n) is 17.3. The smallest absolute Gasteiger partial charge is 0.475 e. The fourth-order valence-electron chi connectivity index (χ4n) is 3.37. The Labute approximate surface area is 178 Å². The van der Waals surface area contributed by atoms with Crippen molar-refractivity contribution in [1.82, 2.24) is 19.2 Å². The van der Waals surface area contributed by atoms with E-state index in [4.69, 9.17) is 19.4 Å². The molecule has 3 rings (SSSR count). The van der Waals surface area contributed by atoms with Gasteiger partial charge in [-0.2, -0.15) is 13.2 Å². The number of carboxylic acid groups (broad SMARTS) is 1. The number of sulfonamides is 1. The first-order valence-corrected chi connectivity index (χ1v) is 11.4. The monoisotopic (exact) mass is 472 g/mol. The van der Waals surface area contributed by atoms with E-state index in [1.165, 1.54) is 6.26 Å². The van der Waals surface area contributed by atoms with Crippen LogP contribution in [0.25, 0.3) is 0 Å². The van der Waals surface area contributed by atoms with Crippen molar-refractivity contribution in [3.8, 4) is 0 Å². The normalized spacial score (nSPS) is 25.1. The third kappa shape index (κ3) is 8.37. The zero-order chi connectivity index (χ0) is 23.3. The average Bonchev–Trinajstić information content (AvgIpc) is 3.16. The van der Waals surface area contributed by atoms with Crippen molar-refractivity contribution in [3.05, 3.63) is 18.2 Å². The number of rotatable bonds is 5. The van der Waals surface area contributed by atoms with Gasteiger partial charge in [-0.05, 0) is 12.8 Å². The van der Waals surface area contributed by atoms with Crippen molar-refractivity contribution in [3.63, 3.8) is 0 Å². The van der Waals surface area contributed by atoms with Crippen LogP contribution in [0.1, 0.15) is 18.7 Å². The van der Waals surface area contributed by atoms with E-state index in [9.17, 15) is 21.6 Å². The number of hydrogen-bond donors (Lipinski definition) is 2. The molecule has 1 aromatic heterocycles. The molecule has 0 bridgehead atoms. The highest BCUT2D eigenvalue weighted by molar-refractivity contribution is 7.88. The van der Waals surface area contributed by atoms with Gasteiger partial charge in [0.25, 0.3) is 0 Å². The Bertz CT molecular complexity index is 847. The molecule has 1 spiro atoms. The predicted molar refractivity (Wildman–Crippen MR) is 103 cm³/mol. The van der Waals surface area contributed by atoms with Crippen LogP contribution >= 0.6 is 0 Å². The Hall–Kier alpha value is -1.74. The Kier molecular flexibility index (Phi) is 8.44. The zero-order valence-corrected chi connectivity index (χ0v) is 18.1. The molecule has 14 heteroatoms. The number of nitrogens with one attached hydrogen (secondary N) is 1. The highest BCUT2D eigenvalue weighted by Gasteiger charge is 2.43. The van der Waals surface area contributed by atoms with Crippen LogP contribution in [0.15, 0.2) is 12.4 Å². The van der Waals surface area contributed by atoms with Gasteiger partial charge in [0.1, 0.15) is 11.4 Å². The molecule has 0 aromatic carbocycles. The lowest BCUT2D eigenvalue weighted by molar-refractivity contribution is -0.192. The molecule has 0 amide bonds. The van der Waals surface area contributed by atoms with E-state index in [0.29, 0.717) is 19.8 Å². The van der Waals surface area contributed by atoms with Gasteiger partial charge >= 0.3 is 12.1 Å². The first-order valence-electron chi connectivity index (χ1n) is 9.48. The number of ether oxygens (including phenoxy) is 2. The van der Waals surface area contributed by atoms with E-state index in [2.05, 4.69) is 14.6 Å². The molecule has 0 radical (unpaired) electrons. The number of halogens is 3. The lowest BCUT2D eigenvalue weighted by Crippen LogP contribution is -2.45. The summed E-state index contributed by atoms with van der Waals surface area (Å²) in [6.45, 7) is 3.91. The van der Waals surface area contributed by atoms with Gasteiger partial charge in [0.2, 0.25) is 10.0 Å². The van der Waals surface area contributed by atoms with E-state index in [-0.39, 0.29) is 11.7 Å². The van der Waals surface area contributed by atoms with Crippen LogP contribution in [0.4, 0.5) is 13.2 Å². The van der Waals surface area contributed by atoms with Crippen molar-refractivity contribution in [2.75, 3.05) is 39.1 Å². The van der Waals surface area contributed by atoms with E-state index in [0.717, 1.165) is 38.3 Å². The van der Waals surface area contributed by atoms with Crippen LogP contribution < -0.4 is 4.72 Å². The first-order chi connectivity index (χ1) is 14.3. The number of carboxylic acids is 1. The minimum atomic E-state index is -5.08. The second-order valence-electron chi connectivity index (χ2n) is 7.60. The van der Waals surface area contributed by atoms with E-state index < -0.39 is 22.2 Å². The average molecular weight is 472 g/mol. The minimum absolute atomic E-state index is 0.101. The molecule has 2 N–H and O–H groups in total. The van der Waals surface area contributed by atoms with Crippen LogP contribution in [0.2, 0.25) is 0 Å². The van der Waals surface area contributed by atoms with Gasteiger partial charge in [-0.1, -0.05) is 0 Å². The number of imidazole rings is 1. The summed E-state index contributed by atoms with van der Waals surface area (Å²) in [6.07, 6.45) is 1.44. The van der Waals surface area contributed by atoms with E-state index in [1.54, 1.807) is 6.20 Å². The van der Waals surface area contributed by atoms with E-state index in [1.807, 2.05) is 17.8 Å². The summed E-state index contributed by atoms with van der Waals surface area (Å²) in [7, 11) is -1.20. The number of hydrogen-bond acceptors (Lipinski definition) is 7. The molecule has 31 heavy (non-hydrogen) atoms. The molecule has 178 valence electrons. The second-order valence-corrected chi connectivity index (χ2v) is 9.44. The molecule has 2 aliphatic rings. The summed E-state index contributed by atoms with van der Waals surface area (Å²) in [6, 6.07) is 0. The van der Waals surface area contributed by atoms with Gasteiger partial charge in [-0.25, -0.2) is 22.9 Å². The van der Waals surface area contributed by atoms with Crippen LogP contribution in [0.3, 0.4) is 0 Å². The largest absolute Gasteiger partial charge is 0.490 e. The molecule has 2 atom stereocenters. The third-order valence-electron chi connectivity index (χ3n) is 4.87. The highest BCUT2D eigenvalue weighted by atomic mass is 32.2. The molecule has 1 aromatic rings.